The Morgan fingerprint density at radius 3 is 0.769 bits per heavy atom. The summed E-state index contributed by atoms with van der Waals surface area (Å²) in [6, 6.07) is 124. The van der Waals surface area contributed by atoms with E-state index >= 15 is 0 Å². The van der Waals surface area contributed by atoms with Crippen molar-refractivity contribution in [3.05, 3.63) is 456 Å². The number of nitrogens with zero attached hydrogens (tertiary/aromatic N) is 8. The molecule has 0 amide bonds. The molecule has 0 bridgehead atoms. The largest absolute Gasteiger partial charge is 0.311 e. The maximum Gasteiger partial charge on any atom is 0.229 e. The summed E-state index contributed by atoms with van der Waals surface area (Å²) in [6.45, 7) is 36.0. The molecule has 8 heterocycles. The van der Waals surface area contributed by atoms with Crippen molar-refractivity contribution in [1.29, 1.82) is 0 Å². The zero-order chi connectivity index (χ0) is 94.1. The van der Waals surface area contributed by atoms with Crippen molar-refractivity contribution in [2.45, 2.75) is 134 Å². The summed E-state index contributed by atoms with van der Waals surface area (Å²) in [6.07, 6.45) is 15.6. The molecule has 134 heavy (non-hydrogen) atoms. The molecule has 0 radical (unpaired) electrons. The van der Waals surface area contributed by atoms with Crippen molar-refractivity contribution < 1.29 is 18.3 Å². The Bertz CT molecular complexity index is 7190. The van der Waals surface area contributed by atoms with Gasteiger partial charge in [0.05, 0.1) is 22.7 Å². The third-order valence-corrected chi connectivity index (χ3v) is 26.2. The summed E-state index contributed by atoms with van der Waals surface area (Å²) in [7, 11) is 8.59. The molecule has 8 nitrogen and oxygen atoms in total. The average Bonchev–Trinajstić information content (AvgIpc) is 1.68. The van der Waals surface area contributed by atoms with Crippen LogP contribution in [0.25, 0.3) is 146 Å². The Labute approximate surface area is 796 Å². The lowest BCUT2D eigenvalue weighted by Gasteiger charge is -2.24. The minimum absolute atomic E-state index is 0.390. The van der Waals surface area contributed by atoms with Crippen molar-refractivity contribution >= 4 is 0 Å². The van der Waals surface area contributed by atoms with E-state index in [4.69, 9.17) is 0 Å². The Morgan fingerprint density at radius 1 is 0.201 bits per heavy atom. The molecule has 0 N–H and O–H groups in total. The number of rotatable bonds is 19. The number of pyridine rings is 4. The first-order valence-electron chi connectivity index (χ1n) is 47.4. The number of benzene rings is 11. The van der Waals surface area contributed by atoms with E-state index in [2.05, 4.69) is 565 Å². The van der Waals surface area contributed by atoms with E-state index in [-0.39, 0.29) is 0 Å². The molecule has 8 heteroatoms. The molecule has 0 spiro atoms. The molecule has 668 valence electrons. The van der Waals surface area contributed by atoms with Gasteiger partial charge in [0.1, 0.15) is 51.0 Å². The lowest BCUT2D eigenvalue weighted by molar-refractivity contribution is -0.660. The lowest BCUT2D eigenvalue weighted by atomic mass is 9.88. The second kappa shape index (κ2) is 40.9. The summed E-state index contributed by atoms with van der Waals surface area (Å²) >= 11 is 0. The van der Waals surface area contributed by atoms with Gasteiger partial charge in [-0.1, -0.05) is 322 Å². The van der Waals surface area contributed by atoms with Crippen LogP contribution in [0.1, 0.15) is 146 Å². The molecule has 0 saturated heterocycles. The second-order valence-electron chi connectivity index (χ2n) is 37.4. The summed E-state index contributed by atoms with van der Waals surface area (Å²) in [5.74, 6) is 1.69. The number of hydrogen-bond donors (Lipinski definition) is 0. The van der Waals surface area contributed by atoms with Gasteiger partial charge in [-0.05, 0) is 240 Å². The molecule has 19 aromatic rings. The highest BCUT2D eigenvalue weighted by atomic mass is 15.1. The minimum atomic E-state index is 0.390. The van der Waals surface area contributed by atoms with Crippen LogP contribution in [0.5, 0.6) is 0 Å². The van der Waals surface area contributed by atoms with E-state index < -0.39 is 0 Å². The first-order valence-corrected chi connectivity index (χ1v) is 47.4. The van der Waals surface area contributed by atoms with Crippen LogP contribution < -0.4 is 18.3 Å². The molecule has 0 atom stereocenters. The molecule has 0 saturated carbocycles. The van der Waals surface area contributed by atoms with Gasteiger partial charge in [0, 0.05) is 81.9 Å². The third-order valence-electron chi connectivity index (χ3n) is 26.2. The van der Waals surface area contributed by atoms with Crippen LogP contribution in [0.4, 0.5) is 0 Å². The van der Waals surface area contributed by atoms with Crippen LogP contribution in [0.3, 0.4) is 0 Å². The smallest absolute Gasteiger partial charge is 0.229 e. The SMILES string of the molecule is Cc1cc(C)c(-n2c(C)cc(C)c2-c2ccc(-c3ccccc3)c[n+]2C)c(C)c1.Cc1ccn(-c2c(-c3ccccc3)cccc2-c2ccccc2)c1-c1ccc(-c2ccccc2)c[n+]1C.Cc1ccn(-c2c(C(C)C)cc(-c3ccccc3)cc2C(C)C)c1-c1ccc(-c2ccccc2)c[n+]1C.Cc1ccn(-c2c(C(C)C)cccc2C(C)C)c1-c1ccc(-c2ccccc2)c[n+]1C. The number of aryl methyl sites for hydroxylation is 12. The fraction of sp³-hybridized carbons (Fsp3) is 0.190. The highest BCUT2D eigenvalue weighted by Gasteiger charge is 2.30. The van der Waals surface area contributed by atoms with Gasteiger partial charge < -0.3 is 18.3 Å². The van der Waals surface area contributed by atoms with Crippen LogP contribution in [0, 0.1) is 55.4 Å². The van der Waals surface area contributed by atoms with E-state index in [1.165, 1.54) is 213 Å². The predicted octanol–water partition coefficient (Wildman–Crippen LogP) is 30.5. The zero-order valence-corrected chi connectivity index (χ0v) is 81.8. The molecule has 11 aromatic carbocycles. The van der Waals surface area contributed by atoms with E-state index in [0.29, 0.717) is 23.7 Å². The zero-order valence-electron chi connectivity index (χ0n) is 81.8. The molecule has 0 aliphatic heterocycles. The Balaban J connectivity index is 0.000000131. The quantitative estimate of drug-likeness (QED) is 0.0724. The molecule has 0 aliphatic carbocycles. The van der Waals surface area contributed by atoms with Crippen LogP contribution in [-0.4, -0.2) is 18.3 Å². The van der Waals surface area contributed by atoms with Gasteiger partial charge in [0.15, 0.2) is 24.8 Å². The number of aromatic nitrogens is 8. The number of para-hydroxylation sites is 2. The van der Waals surface area contributed by atoms with Gasteiger partial charge in [0.25, 0.3) is 0 Å². The fourth-order valence-electron chi connectivity index (χ4n) is 19.6. The average molecular weight is 1750 g/mol. The van der Waals surface area contributed by atoms with Crippen LogP contribution >= 0.6 is 0 Å². The normalized spacial score (nSPS) is 11.3. The van der Waals surface area contributed by atoms with Gasteiger partial charge in [-0.3, -0.25) is 0 Å². The van der Waals surface area contributed by atoms with Crippen molar-refractivity contribution in [2.24, 2.45) is 28.2 Å². The molecule has 19 rings (SSSR count). The molecule has 0 fully saturated rings. The maximum atomic E-state index is 2.44. The topological polar surface area (TPSA) is 35.2 Å². The van der Waals surface area contributed by atoms with Gasteiger partial charge in [-0.15, -0.1) is 0 Å². The van der Waals surface area contributed by atoms with Crippen molar-refractivity contribution in [2.75, 3.05) is 0 Å². The maximum absolute atomic E-state index is 2.44. The summed E-state index contributed by atoms with van der Waals surface area (Å²) in [5, 5.41) is 0. The van der Waals surface area contributed by atoms with E-state index in [0.717, 1.165) is 0 Å². The minimum Gasteiger partial charge on any atom is -0.311 e. The van der Waals surface area contributed by atoms with Gasteiger partial charge in [-0.2, -0.15) is 18.3 Å². The summed E-state index contributed by atoms with van der Waals surface area (Å²) in [5.41, 5.74) is 48.0. The van der Waals surface area contributed by atoms with Crippen LogP contribution in [0.2, 0.25) is 0 Å². The summed E-state index contributed by atoms with van der Waals surface area (Å²) in [4.78, 5) is 0. The Morgan fingerprint density at radius 2 is 0.470 bits per heavy atom. The fourth-order valence-corrected chi connectivity index (χ4v) is 19.6. The van der Waals surface area contributed by atoms with E-state index in [1.54, 1.807) is 0 Å². The predicted molar refractivity (Wildman–Crippen MR) is 562 cm³/mol. The van der Waals surface area contributed by atoms with Crippen molar-refractivity contribution in [1.82, 2.24) is 18.3 Å². The van der Waals surface area contributed by atoms with Crippen molar-refractivity contribution in [3.63, 3.8) is 0 Å². The Hall–Kier alpha value is -14.9. The Kier molecular flexibility index (Phi) is 28.2. The molecular weight excluding hydrogens is 1630 g/mol. The summed E-state index contributed by atoms with van der Waals surface area (Å²) < 4.78 is 18.7. The highest BCUT2D eigenvalue weighted by Crippen LogP contribution is 2.44. The standard InChI is InChI=1S/C35H29N2.C35H37N2.C29H33N2.C27H29N2/c1-26-23-24-37(34(26)33-22-21-30(25-36(33)2)27-13-6-3-7-14-27)35-31(28-15-8-4-9-16-28)19-12-20-32(35)29-17-10-5-11-18-29;1-24(2)31-21-30(28-15-11-8-12-16-28)22-32(25(3)4)35(31)37-20-19-26(5)34(37)33-18-17-29(23-36(33)6)27-13-9-7-10-14-27;1-20(2)25-13-10-14-26(21(3)4)29(25)31-18-17-22(5)28(31)27-16-15-24(19-30(27)6)23-11-8-7-9-12-23;1-18-14-19(2)26(20(3)15-18)29-22(5)16-21(4)27(29)25-13-12-24(17-28(25)6)23-10-8-7-9-11-23/h3-25H,1-2H3;7-25H,1-6H3;7-21H,1-6H3;7-17H,1-6H3/q4*+1. The van der Waals surface area contributed by atoms with Gasteiger partial charge in [-0.25, -0.2) is 0 Å². The van der Waals surface area contributed by atoms with Gasteiger partial charge in [0.2, 0.25) is 22.8 Å². The first kappa shape index (κ1) is 92.4. The van der Waals surface area contributed by atoms with Crippen LogP contribution in [-0.2, 0) is 28.2 Å². The molecule has 0 unspecified atom stereocenters. The van der Waals surface area contributed by atoms with E-state index in [1.807, 2.05) is 0 Å². The van der Waals surface area contributed by atoms with Crippen LogP contribution in [0.15, 0.2) is 389 Å². The molecular formula is C126H128N8+4. The monoisotopic (exact) mass is 1750 g/mol. The van der Waals surface area contributed by atoms with Gasteiger partial charge >= 0.3 is 0 Å². The third kappa shape index (κ3) is 19.6. The lowest BCUT2D eigenvalue weighted by Crippen LogP contribution is -2.31. The first-order chi connectivity index (χ1) is 64.8. The molecule has 8 aromatic heterocycles. The highest BCUT2D eigenvalue weighted by molar-refractivity contribution is 5.88. The second-order valence-corrected chi connectivity index (χ2v) is 37.4. The van der Waals surface area contributed by atoms with Crippen molar-refractivity contribution in [3.8, 4) is 146 Å². The molecule has 0 aliphatic rings. The van der Waals surface area contributed by atoms with E-state index in [9.17, 15) is 0 Å². The number of hydrogen-bond acceptors (Lipinski definition) is 0.